The number of hydrogen-bond donors (Lipinski definition) is 3. The SMILES string of the molecule is CCC(CC)(NC(=O)OC)/C(N)=N/O. The molecule has 0 heterocycles. The molecule has 82 valence electrons. The van der Waals surface area contributed by atoms with Crippen LogP contribution in [0.5, 0.6) is 0 Å². The van der Waals surface area contributed by atoms with Crippen molar-refractivity contribution in [2.45, 2.75) is 32.2 Å². The summed E-state index contributed by atoms with van der Waals surface area (Å²) in [5.41, 5.74) is 4.67. The van der Waals surface area contributed by atoms with Gasteiger partial charge in [0.05, 0.1) is 7.11 Å². The van der Waals surface area contributed by atoms with E-state index in [1.54, 1.807) is 0 Å². The third-order valence-electron chi connectivity index (χ3n) is 2.33. The van der Waals surface area contributed by atoms with Crippen molar-refractivity contribution in [3.8, 4) is 0 Å². The lowest BCUT2D eigenvalue weighted by atomic mass is 9.92. The molecule has 0 saturated heterocycles. The number of nitrogens with zero attached hydrogens (tertiary/aromatic N) is 1. The molecule has 0 aliphatic heterocycles. The van der Waals surface area contributed by atoms with Gasteiger partial charge in [-0.05, 0) is 12.8 Å². The largest absolute Gasteiger partial charge is 0.453 e. The summed E-state index contributed by atoms with van der Waals surface area (Å²) in [6.45, 7) is 3.66. The topological polar surface area (TPSA) is 96.9 Å². The number of hydrogen-bond acceptors (Lipinski definition) is 4. The van der Waals surface area contributed by atoms with Crippen molar-refractivity contribution in [3.05, 3.63) is 0 Å². The predicted molar refractivity (Wildman–Crippen MR) is 52.3 cm³/mol. The van der Waals surface area contributed by atoms with Crippen molar-refractivity contribution in [2.75, 3.05) is 7.11 Å². The van der Waals surface area contributed by atoms with E-state index in [2.05, 4.69) is 15.2 Å². The van der Waals surface area contributed by atoms with E-state index in [4.69, 9.17) is 10.9 Å². The van der Waals surface area contributed by atoms with Crippen molar-refractivity contribution in [3.63, 3.8) is 0 Å². The van der Waals surface area contributed by atoms with E-state index in [1.807, 2.05) is 13.8 Å². The van der Waals surface area contributed by atoms with E-state index in [-0.39, 0.29) is 5.84 Å². The van der Waals surface area contributed by atoms with E-state index < -0.39 is 11.6 Å². The van der Waals surface area contributed by atoms with Crippen LogP contribution in [0.15, 0.2) is 5.16 Å². The number of amidine groups is 1. The second-order valence-electron chi connectivity index (χ2n) is 2.89. The zero-order valence-corrected chi connectivity index (χ0v) is 8.70. The first kappa shape index (κ1) is 12.5. The molecule has 0 unspecified atom stereocenters. The Kier molecular flexibility index (Phi) is 4.76. The summed E-state index contributed by atoms with van der Waals surface area (Å²) in [4.78, 5) is 11.0. The van der Waals surface area contributed by atoms with Gasteiger partial charge in [0.1, 0.15) is 5.54 Å². The van der Waals surface area contributed by atoms with Crippen LogP contribution in [0, 0.1) is 0 Å². The molecule has 1 amide bonds. The molecular weight excluding hydrogens is 186 g/mol. The highest BCUT2D eigenvalue weighted by Crippen LogP contribution is 2.15. The molecule has 14 heavy (non-hydrogen) atoms. The number of methoxy groups -OCH3 is 1. The molecule has 0 aromatic heterocycles. The molecule has 0 spiro atoms. The molecule has 0 radical (unpaired) electrons. The van der Waals surface area contributed by atoms with E-state index in [0.717, 1.165) is 0 Å². The van der Waals surface area contributed by atoms with Crippen LogP contribution in [0.1, 0.15) is 26.7 Å². The van der Waals surface area contributed by atoms with Gasteiger partial charge >= 0.3 is 6.09 Å². The molecule has 0 aliphatic carbocycles. The van der Waals surface area contributed by atoms with E-state index in [1.165, 1.54) is 7.11 Å². The van der Waals surface area contributed by atoms with Crippen LogP contribution in [0.4, 0.5) is 4.79 Å². The Morgan fingerprint density at radius 3 is 2.36 bits per heavy atom. The molecule has 0 rings (SSSR count). The first-order chi connectivity index (χ1) is 6.56. The minimum Gasteiger partial charge on any atom is -0.453 e. The van der Waals surface area contributed by atoms with Gasteiger partial charge in [0.25, 0.3) is 0 Å². The normalized spacial score (nSPS) is 12.4. The fourth-order valence-corrected chi connectivity index (χ4v) is 1.20. The fraction of sp³-hybridized carbons (Fsp3) is 0.750. The van der Waals surface area contributed by atoms with E-state index in [9.17, 15) is 4.79 Å². The molecule has 0 saturated carbocycles. The molecule has 0 bridgehead atoms. The monoisotopic (exact) mass is 203 g/mol. The van der Waals surface area contributed by atoms with Crippen LogP contribution < -0.4 is 11.1 Å². The first-order valence-electron chi connectivity index (χ1n) is 4.40. The van der Waals surface area contributed by atoms with E-state index in [0.29, 0.717) is 12.8 Å². The third-order valence-corrected chi connectivity index (χ3v) is 2.33. The summed E-state index contributed by atoms with van der Waals surface area (Å²) < 4.78 is 4.46. The smallest absolute Gasteiger partial charge is 0.407 e. The van der Waals surface area contributed by atoms with Gasteiger partial charge in [-0.15, -0.1) is 0 Å². The Morgan fingerprint density at radius 2 is 2.07 bits per heavy atom. The van der Waals surface area contributed by atoms with Gasteiger partial charge in [-0.2, -0.15) is 0 Å². The highest BCUT2D eigenvalue weighted by molar-refractivity contribution is 5.92. The lowest BCUT2D eigenvalue weighted by Crippen LogP contribution is -2.56. The number of ether oxygens (including phenoxy) is 1. The lowest BCUT2D eigenvalue weighted by Gasteiger charge is -2.30. The van der Waals surface area contributed by atoms with Gasteiger partial charge in [0.2, 0.25) is 0 Å². The summed E-state index contributed by atoms with van der Waals surface area (Å²) >= 11 is 0. The standard InChI is InChI=1S/C8H17N3O3/c1-4-8(5-2,6(9)11-13)10-7(12)14-3/h13H,4-5H2,1-3H3,(H2,9,11)(H,10,12). The number of oxime groups is 1. The molecule has 6 nitrogen and oxygen atoms in total. The second-order valence-corrected chi connectivity index (χ2v) is 2.89. The molecule has 0 aromatic rings. The van der Waals surface area contributed by atoms with Crippen molar-refractivity contribution in [2.24, 2.45) is 10.9 Å². The van der Waals surface area contributed by atoms with Gasteiger partial charge in [0.15, 0.2) is 5.84 Å². The zero-order chi connectivity index (χ0) is 11.2. The molecule has 4 N–H and O–H groups in total. The molecule has 0 fully saturated rings. The Labute approximate surface area is 83.1 Å². The quantitative estimate of drug-likeness (QED) is 0.270. The summed E-state index contributed by atoms with van der Waals surface area (Å²) in [6.07, 6.45) is 0.448. The van der Waals surface area contributed by atoms with Crippen LogP contribution in [-0.2, 0) is 4.74 Å². The molecular formula is C8H17N3O3. The number of carbonyl (C=O) groups is 1. The number of carbonyl (C=O) groups excluding carboxylic acids is 1. The Hall–Kier alpha value is -1.46. The fourth-order valence-electron chi connectivity index (χ4n) is 1.20. The van der Waals surface area contributed by atoms with Crippen molar-refractivity contribution in [1.82, 2.24) is 5.32 Å². The maximum Gasteiger partial charge on any atom is 0.407 e. The Balaban J connectivity index is 4.79. The van der Waals surface area contributed by atoms with Crippen LogP contribution >= 0.6 is 0 Å². The van der Waals surface area contributed by atoms with Crippen molar-refractivity contribution < 1.29 is 14.7 Å². The summed E-state index contributed by atoms with van der Waals surface area (Å²) in [7, 11) is 1.26. The number of amides is 1. The minimum absolute atomic E-state index is 0.0205. The van der Waals surface area contributed by atoms with Gasteiger partial charge < -0.3 is 21.0 Å². The van der Waals surface area contributed by atoms with Crippen LogP contribution in [-0.4, -0.2) is 29.8 Å². The van der Waals surface area contributed by atoms with Crippen LogP contribution in [0.3, 0.4) is 0 Å². The number of nitrogens with two attached hydrogens (primary N) is 1. The van der Waals surface area contributed by atoms with Gasteiger partial charge in [-0.3, -0.25) is 0 Å². The van der Waals surface area contributed by atoms with Gasteiger partial charge in [-0.1, -0.05) is 19.0 Å². The molecule has 0 aromatic carbocycles. The highest BCUT2D eigenvalue weighted by Gasteiger charge is 2.33. The van der Waals surface area contributed by atoms with Gasteiger partial charge in [0, 0.05) is 0 Å². The Morgan fingerprint density at radius 1 is 1.57 bits per heavy atom. The van der Waals surface area contributed by atoms with Crippen molar-refractivity contribution >= 4 is 11.9 Å². The first-order valence-corrected chi connectivity index (χ1v) is 4.40. The Bertz CT molecular complexity index is 224. The van der Waals surface area contributed by atoms with Crippen molar-refractivity contribution in [1.29, 1.82) is 0 Å². The number of nitrogens with one attached hydrogen (secondary N) is 1. The average Bonchev–Trinajstić information content (AvgIpc) is 2.24. The maximum absolute atomic E-state index is 11.0. The second kappa shape index (κ2) is 5.31. The average molecular weight is 203 g/mol. The number of alkyl carbamates (subject to hydrolysis) is 1. The molecule has 0 atom stereocenters. The lowest BCUT2D eigenvalue weighted by molar-refractivity contribution is 0.160. The minimum atomic E-state index is -0.832. The highest BCUT2D eigenvalue weighted by atomic mass is 16.5. The van der Waals surface area contributed by atoms with Crippen LogP contribution in [0.25, 0.3) is 0 Å². The third kappa shape index (κ3) is 2.51. The maximum atomic E-state index is 11.0. The van der Waals surface area contributed by atoms with E-state index >= 15 is 0 Å². The number of rotatable bonds is 4. The molecule has 6 heteroatoms. The molecule has 0 aliphatic rings. The summed E-state index contributed by atoms with van der Waals surface area (Å²) in [5.74, 6) is -0.0205. The summed E-state index contributed by atoms with van der Waals surface area (Å²) in [6, 6.07) is 0. The zero-order valence-electron chi connectivity index (χ0n) is 8.70. The summed E-state index contributed by atoms with van der Waals surface area (Å²) in [5, 5.41) is 14.1. The predicted octanol–water partition coefficient (Wildman–Crippen LogP) is 0.648. The van der Waals surface area contributed by atoms with Crippen LogP contribution in [0.2, 0.25) is 0 Å². The van der Waals surface area contributed by atoms with Gasteiger partial charge in [-0.25, -0.2) is 4.79 Å².